The summed E-state index contributed by atoms with van der Waals surface area (Å²) in [4.78, 5) is 1.22. The lowest BCUT2D eigenvalue weighted by Gasteiger charge is -2.05. The molecule has 0 aliphatic carbocycles. The molecule has 90 valence electrons. The van der Waals surface area contributed by atoms with E-state index in [1.54, 1.807) is 17.4 Å². The number of thiophene rings is 1. The first-order valence-electron chi connectivity index (χ1n) is 5.03. The Balaban J connectivity index is 1.92. The molecular formula is C12H10Br2FNS. The van der Waals surface area contributed by atoms with Crippen molar-refractivity contribution in [1.29, 1.82) is 0 Å². The molecule has 1 N–H and O–H groups in total. The molecule has 0 atom stereocenters. The van der Waals surface area contributed by atoms with Crippen LogP contribution in [0.4, 0.5) is 4.39 Å². The molecule has 0 bridgehead atoms. The zero-order chi connectivity index (χ0) is 12.3. The summed E-state index contributed by atoms with van der Waals surface area (Å²) in [5.74, 6) is -0.183. The molecule has 17 heavy (non-hydrogen) atoms. The van der Waals surface area contributed by atoms with Crippen LogP contribution in [-0.2, 0) is 13.1 Å². The quantitative estimate of drug-likeness (QED) is 0.812. The minimum Gasteiger partial charge on any atom is -0.308 e. The maximum absolute atomic E-state index is 13.5. The molecule has 1 aromatic carbocycles. The Morgan fingerprint density at radius 3 is 2.65 bits per heavy atom. The van der Waals surface area contributed by atoms with Crippen LogP contribution >= 0.6 is 43.2 Å². The molecule has 0 amide bonds. The van der Waals surface area contributed by atoms with Gasteiger partial charge in [-0.2, -0.15) is 0 Å². The predicted octanol–water partition coefficient (Wildman–Crippen LogP) is 4.70. The molecular weight excluding hydrogens is 369 g/mol. The van der Waals surface area contributed by atoms with Crippen molar-refractivity contribution in [3.63, 3.8) is 0 Å². The highest BCUT2D eigenvalue weighted by Gasteiger charge is 2.04. The summed E-state index contributed by atoms with van der Waals surface area (Å²) in [6.45, 7) is 1.28. The number of hydrogen-bond donors (Lipinski definition) is 1. The van der Waals surface area contributed by atoms with Crippen LogP contribution in [0.15, 0.2) is 38.6 Å². The Labute approximate surface area is 120 Å². The summed E-state index contributed by atoms with van der Waals surface area (Å²) in [6, 6.07) is 7.14. The van der Waals surface area contributed by atoms with Gasteiger partial charge in [-0.25, -0.2) is 4.39 Å². The van der Waals surface area contributed by atoms with Crippen LogP contribution < -0.4 is 5.32 Å². The number of benzene rings is 1. The van der Waals surface area contributed by atoms with Crippen LogP contribution in [0.1, 0.15) is 10.4 Å². The van der Waals surface area contributed by atoms with Gasteiger partial charge in [0.05, 0.1) is 0 Å². The zero-order valence-electron chi connectivity index (χ0n) is 8.84. The van der Waals surface area contributed by atoms with Gasteiger partial charge in [-0.05, 0) is 39.5 Å². The van der Waals surface area contributed by atoms with E-state index < -0.39 is 0 Å². The van der Waals surface area contributed by atoms with E-state index in [9.17, 15) is 4.39 Å². The topological polar surface area (TPSA) is 12.0 Å². The maximum atomic E-state index is 13.5. The lowest BCUT2D eigenvalue weighted by molar-refractivity contribution is 0.588. The van der Waals surface area contributed by atoms with Gasteiger partial charge >= 0.3 is 0 Å². The van der Waals surface area contributed by atoms with Crippen molar-refractivity contribution >= 4 is 43.2 Å². The number of nitrogens with one attached hydrogen (secondary N) is 1. The molecule has 0 aliphatic heterocycles. The summed E-state index contributed by atoms with van der Waals surface area (Å²) in [5.41, 5.74) is 0.681. The van der Waals surface area contributed by atoms with Gasteiger partial charge in [-0.3, -0.25) is 0 Å². The molecule has 0 unspecified atom stereocenters. The van der Waals surface area contributed by atoms with Crippen LogP contribution in [0.5, 0.6) is 0 Å². The Hall–Kier alpha value is -0.230. The van der Waals surface area contributed by atoms with Gasteiger partial charge in [-0.15, -0.1) is 11.3 Å². The normalized spacial score (nSPS) is 10.8. The van der Waals surface area contributed by atoms with Gasteiger partial charge in [0, 0.05) is 32.5 Å². The van der Waals surface area contributed by atoms with Crippen LogP contribution in [0, 0.1) is 5.82 Å². The second-order valence-electron chi connectivity index (χ2n) is 3.53. The average Bonchev–Trinajstić information content (AvgIpc) is 2.68. The second-order valence-corrected chi connectivity index (χ2v) is 6.30. The highest BCUT2D eigenvalue weighted by molar-refractivity contribution is 9.10. The molecule has 0 saturated heterocycles. The van der Waals surface area contributed by atoms with Gasteiger partial charge in [0.15, 0.2) is 0 Å². The van der Waals surface area contributed by atoms with Crippen molar-refractivity contribution in [2.45, 2.75) is 13.1 Å². The summed E-state index contributed by atoms with van der Waals surface area (Å²) in [5, 5.41) is 5.26. The molecule has 1 nitrogen and oxygen atoms in total. The third-order valence-corrected chi connectivity index (χ3v) is 4.73. The van der Waals surface area contributed by atoms with Gasteiger partial charge in [0.1, 0.15) is 5.82 Å². The van der Waals surface area contributed by atoms with E-state index in [0.717, 1.165) is 15.5 Å². The van der Waals surface area contributed by atoms with Gasteiger partial charge in [0.25, 0.3) is 0 Å². The SMILES string of the molecule is Fc1cc(Br)ccc1CNCc1sccc1Br. The summed E-state index contributed by atoms with van der Waals surface area (Å²) in [7, 11) is 0. The Kier molecular flexibility index (Phi) is 4.73. The minimum absolute atomic E-state index is 0.183. The predicted molar refractivity (Wildman–Crippen MR) is 76.7 cm³/mol. The fraction of sp³-hybridized carbons (Fsp3) is 0.167. The van der Waals surface area contributed by atoms with Crippen molar-refractivity contribution in [3.8, 4) is 0 Å². The molecule has 0 radical (unpaired) electrons. The largest absolute Gasteiger partial charge is 0.308 e. The fourth-order valence-corrected chi connectivity index (χ4v) is 3.22. The van der Waals surface area contributed by atoms with Crippen molar-refractivity contribution in [3.05, 3.63) is 54.8 Å². The van der Waals surface area contributed by atoms with Gasteiger partial charge in [-0.1, -0.05) is 22.0 Å². The third-order valence-electron chi connectivity index (χ3n) is 2.31. The molecule has 5 heteroatoms. The summed E-state index contributed by atoms with van der Waals surface area (Å²) < 4.78 is 15.4. The lowest BCUT2D eigenvalue weighted by atomic mass is 10.2. The Morgan fingerprint density at radius 1 is 1.18 bits per heavy atom. The molecule has 0 saturated carbocycles. The first-order chi connectivity index (χ1) is 8.16. The molecule has 0 fully saturated rings. The van der Waals surface area contributed by atoms with E-state index in [2.05, 4.69) is 37.2 Å². The Bertz CT molecular complexity index is 513. The number of halogens is 3. The van der Waals surface area contributed by atoms with Gasteiger partial charge < -0.3 is 5.32 Å². The molecule has 0 aliphatic rings. The molecule has 1 heterocycles. The second kappa shape index (κ2) is 6.09. The lowest BCUT2D eigenvalue weighted by Crippen LogP contribution is -2.13. The minimum atomic E-state index is -0.183. The summed E-state index contributed by atoms with van der Waals surface area (Å²) in [6.07, 6.45) is 0. The zero-order valence-corrected chi connectivity index (χ0v) is 12.8. The Morgan fingerprint density at radius 2 is 2.00 bits per heavy atom. The van der Waals surface area contributed by atoms with Crippen molar-refractivity contribution in [2.75, 3.05) is 0 Å². The molecule has 0 spiro atoms. The third kappa shape index (κ3) is 3.61. The van der Waals surface area contributed by atoms with E-state index in [-0.39, 0.29) is 5.82 Å². The maximum Gasteiger partial charge on any atom is 0.128 e. The highest BCUT2D eigenvalue weighted by atomic mass is 79.9. The first-order valence-corrected chi connectivity index (χ1v) is 7.50. The monoisotopic (exact) mass is 377 g/mol. The van der Waals surface area contributed by atoms with Crippen molar-refractivity contribution in [2.24, 2.45) is 0 Å². The fourth-order valence-electron chi connectivity index (χ4n) is 1.43. The smallest absolute Gasteiger partial charge is 0.128 e. The standard InChI is InChI=1S/C12H10Br2FNS/c13-9-2-1-8(11(15)5-9)6-16-7-12-10(14)3-4-17-12/h1-5,16H,6-7H2. The van der Waals surface area contributed by atoms with E-state index in [1.165, 1.54) is 10.9 Å². The number of rotatable bonds is 4. The van der Waals surface area contributed by atoms with Crippen LogP contribution in [0.2, 0.25) is 0 Å². The van der Waals surface area contributed by atoms with Crippen molar-refractivity contribution < 1.29 is 4.39 Å². The first kappa shape index (κ1) is 13.2. The van der Waals surface area contributed by atoms with Gasteiger partial charge in [0.2, 0.25) is 0 Å². The molecule has 1 aromatic heterocycles. The van der Waals surface area contributed by atoms with Crippen molar-refractivity contribution in [1.82, 2.24) is 5.32 Å². The summed E-state index contributed by atoms with van der Waals surface area (Å²) >= 11 is 8.39. The van der Waals surface area contributed by atoms with Crippen LogP contribution in [0.25, 0.3) is 0 Å². The highest BCUT2D eigenvalue weighted by Crippen LogP contribution is 2.22. The number of hydrogen-bond acceptors (Lipinski definition) is 2. The van der Waals surface area contributed by atoms with E-state index in [4.69, 9.17) is 0 Å². The van der Waals surface area contributed by atoms with Crippen LogP contribution in [-0.4, -0.2) is 0 Å². The average molecular weight is 379 g/mol. The van der Waals surface area contributed by atoms with Crippen LogP contribution in [0.3, 0.4) is 0 Å². The molecule has 2 aromatic rings. The van der Waals surface area contributed by atoms with E-state index in [1.807, 2.05) is 17.5 Å². The van der Waals surface area contributed by atoms with E-state index >= 15 is 0 Å². The van der Waals surface area contributed by atoms with E-state index in [0.29, 0.717) is 12.1 Å². The molecule has 2 rings (SSSR count).